The SMILES string of the molecule is O=C1N[C@]2(CCCc3sccc32)C(=O)N1Cc1cccc(C(F)(F)F)c1. The van der Waals surface area contributed by atoms with Crippen LogP contribution in [-0.4, -0.2) is 16.8 Å². The number of nitrogens with zero attached hydrogens (tertiary/aromatic N) is 1. The van der Waals surface area contributed by atoms with Crippen molar-refractivity contribution < 1.29 is 22.8 Å². The maximum absolute atomic E-state index is 13.1. The van der Waals surface area contributed by atoms with Gasteiger partial charge in [-0.15, -0.1) is 11.3 Å². The molecule has 1 aromatic heterocycles. The number of hydrogen-bond donors (Lipinski definition) is 1. The Morgan fingerprint density at radius 1 is 1.23 bits per heavy atom. The van der Waals surface area contributed by atoms with Crippen molar-refractivity contribution in [3.05, 3.63) is 57.3 Å². The zero-order chi connectivity index (χ0) is 18.5. The monoisotopic (exact) mass is 380 g/mol. The normalized spacial score (nSPS) is 22.7. The summed E-state index contributed by atoms with van der Waals surface area (Å²) in [6.45, 7) is -0.185. The number of carbonyl (C=O) groups is 2. The van der Waals surface area contributed by atoms with Gasteiger partial charge in [0.2, 0.25) is 0 Å². The Labute approximate surface area is 151 Å². The molecule has 1 aliphatic carbocycles. The smallest absolute Gasteiger partial charge is 0.319 e. The van der Waals surface area contributed by atoms with E-state index in [0.29, 0.717) is 6.42 Å². The fourth-order valence-electron chi connectivity index (χ4n) is 3.71. The second-order valence-electron chi connectivity index (χ2n) is 6.54. The summed E-state index contributed by atoms with van der Waals surface area (Å²) in [6.07, 6.45) is -2.33. The van der Waals surface area contributed by atoms with E-state index in [4.69, 9.17) is 0 Å². The fourth-order valence-corrected chi connectivity index (χ4v) is 4.71. The first-order chi connectivity index (χ1) is 12.3. The summed E-state index contributed by atoms with van der Waals surface area (Å²) in [5, 5.41) is 4.69. The van der Waals surface area contributed by atoms with Crippen LogP contribution in [-0.2, 0) is 29.5 Å². The number of benzene rings is 1. The maximum Gasteiger partial charge on any atom is 0.416 e. The third-order valence-electron chi connectivity index (χ3n) is 4.93. The van der Waals surface area contributed by atoms with E-state index in [0.717, 1.165) is 40.3 Å². The molecule has 4 rings (SSSR count). The van der Waals surface area contributed by atoms with E-state index in [1.54, 1.807) is 11.3 Å². The molecule has 26 heavy (non-hydrogen) atoms. The van der Waals surface area contributed by atoms with E-state index in [1.165, 1.54) is 12.1 Å². The van der Waals surface area contributed by atoms with Crippen LogP contribution in [0.5, 0.6) is 0 Å². The summed E-state index contributed by atoms with van der Waals surface area (Å²) in [7, 11) is 0. The molecule has 1 saturated heterocycles. The molecule has 1 spiro atoms. The van der Waals surface area contributed by atoms with E-state index in [1.807, 2.05) is 11.4 Å². The zero-order valence-corrected chi connectivity index (χ0v) is 14.4. The molecule has 1 aliphatic heterocycles. The number of fused-ring (bicyclic) bond motifs is 2. The molecule has 0 radical (unpaired) electrons. The number of halogens is 3. The molecule has 1 aromatic carbocycles. The fraction of sp³-hybridized carbons (Fsp3) is 0.333. The van der Waals surface area contributed by atoms with Gasteiger partial charge < -0.3 is 5.32 Å². The Bertz CT molecular complexity index is 893. The number of aryl methyl sites for hydroxylation is 1. The number of urea groups is 1. The number of hydrogen-bond acceptors (Lipinski definition) is 3. The van der Waals surface area contributed by atoms with Crippen LogP contribution in [0.25, 0.3) is 0 Å². The minimum absolute atomic E-state index is 0.185. The standard InChI is InChI=1S/C18H15F3N2O2S/c19-18(20,21)12-4-1-3-11(9-12)10-23-15(24)17(22-16(23)25)7-2-5-14-13(17)6-8-26-14/h1,3-4,6,8-9H,2,5,7,10H2,(H,22,25)/t17-/m0/s1. The Balaban J connectivity index is 1.64. The Hall–Kier alpha value is -2.35. The lowest BCUT2D eigenvalue weighted by Gasteiger charge is -2.31. The Morgan fingerprint density at radius 2 is 2.04 bits per heavy atom. The molecular weight excluding hydrogens is 365 g/mol. The van der Waals surface area contributed by atoms with Crippen LogP contribution >= 0.6 is 11.3 Å². The van der Waals surface area contributed by atoms with Crippen LogP contribution in [0.1, 0.15) is 34.4 Å². The first kappa shape index (κ1) is 17.1. The highest BCUT2D eigenvalue weighted by atomic mass is 32.1. The number of thiophene rings is 1. The lowest BCUT2D eigenvalue weighted by Crippen LogP contribution is -2.46. The van der Waals surface area contributed by atoms with Crippen molar-refractivity contribution in [2.45, 2.75) is 37.5 Å². The summed E-state index contributed by atoms with van der Waals surface area (Å²) >= 11 is 1.55. The topological polar surface area (TPSA) is 49.4 Å². The number of alkyl halides is 3. The van der Waals surface area contributed by atoms with Crippen LogP contribution in [0.15, 0.2) is 35.7 Å². The van der Waals surface area contributed by atoms with Crippen molar-refractivity contribution in [3.63, 3.8) is 0 Å². The molecule has 1 N–H and O–H groups in total. The average molecular weight is 380 g/mol. The third-order valence-corrected chi connectivity index (χ3v) is 5.91. The molecule has 0 unspecified atom stereocenters. The summed E-state index contributed by atoms with van der Waals surface area (Å²) in [6, 6.07) is 6.00. The lowest BCUT2D eigenvalue weighted by atomic mass is 9.80. The van der Waals surface area contributed by atoms with Gasteiger partial charge in [-0.05, 0) is 48.4 Å². The Morgan fingerprint density at radius 3 is 2.81 bits per heavy atom. The van der Waals surface area contributed by atoms with E-state index in [2.05, 4.69) is 5.32 Å². The van der Waals surface area contributed by atoms with Gasteiger partial charge >= 0.3 is 12.2 Å². The van der Waals surface area contributed by atoms with E-state index in [-0.39, 0.29) is 18.0 Å². The van der Waals surface area contributed by atoms with Gasteiger partial charge in [0, 0.05) is 10.4 Å². The second kappa shape index (κ2) is 5.84. The molecule has 2 aliphatic rings. The first-order valence-corrected chi connectivity index (χ1v) is 9.06. The van der Waals surface area contributed by atoms with Crippen LogP contribution in [0.2, 0.25) is 0 Å². The second-order valence-corrected chi connectivity index (χ2v) is 7.54. The quantitative estimate of drug-likeness (QED) is 0.799. The molecule has 136 valence electrons. The average Bonchev–Trinajstić information content (AvgIpc) is 3.15. The molecule has 2 aromatic rings. The van der Waals surface area contributed by atoms with Crippen LogP contribution < -0.4 is 5.32 Å². The number of rotatable bonds is 2. The number of amides is 3. The van der Waals surface area contributed by atoms with Crippen molar-refractivity contribution in [2.75, 3.05) is 0 Å². The van der Waals surface area contributed by atoms with Crippen molar-refractivity contribution in [1.29, 1.82) is 0 Å². The zero-order valence-electron chi connectivity index (χ0n) is 13.6. The van der Waals surface area contributed by atoms with Gasteiger partial charge in [-0.1, -0.05) is 12.1 Å². The molecule has 1 atom stereocenters. The molecule has 2 heterocycles. The highest BCUT2D eigenvalue weighted by Crippen LogP contribution is 2.42. The highest BCUT2D eigenvalue weighted by Gasteiger charge is 2.54. The van der Waals surface area contributed by atoms with Crippen molar-refractivity contribution in [1.82, 2.24) is 10.2 Å². The molecule has 4 nitrogen and oxygen atoms in total. The van der Waals surface area contributed by atoms with Gasteiger partial charge in [-0.2, -0.15) is 13.2 Å². The summed E-state index contributed by atoms with van der Waals surface area (Å²) < 4.78 is 38.7. The summed E-state index contributed by atoms with van der Waals surface area (Å²) in [4.78, 5) is 27.6. The number of carbonyl (C=O) groups excluding carboxylic acids is 2. The van der Waals surface area contributed by atoms with Crippen LogP contribution in [0.3, 0.4) is 0 Å². The molecule has 3 amide bonds. The molecule has 0 saturated carbocycles. The van der Waals surface area contributed by atoms with E-state index in [9.17, 15) is 22.8 Å². The van der Waals surface area contributed by atoms with Gasteiger partial charge in [0.15, 0.2) is 0 Å². The Kier molecular flexibility index (Phi) is 3.83. The number of imide groups is 1. The van der Waals surface area contributed by atoms with Gasteiger partial charge in [0.1, 0.15) is 5.54 Å². The molecular formula is C18H15F3N2O2S. The minimum Gasteiger partial charge on any atom is -0.319 e. The predicted octanol–water partition coefficient (Wildman–Crippen LogP) is 4.05. The summed E-state index contributed by atoms with van der Waals surface area (Å²) in [5.41, 5.74) is -0.790. The number of nitrogens with one attached hydrogen (secondary N) is 1. The van der Waals surface area contributed by atoms with Crippen molar-refractivity contribution in [3.8, 4) is 0 Å². The first-order valence-electron chi connectivity index (χ1n) is 8.18. The van der Waals surface area contributed by atoms with Gasteiger partial charge in [0.05, 0.1) is 12.1 Å². The highest BCUT2D eigenvalue weighted by molar-refractivity contribution is 7.10. The lowest BCUT2D eigenvalue weighted by molar-refractivity contribution is -0.137. The molecule has 8 heteroatoms. The van der Waals surface area contributed by atoms with E-state index < -0.39 is 23.3 Å². The van der Waals surface area contributed by atoms with Gasteiger partial charge in [0.25, 0.3) is 5.91 Å². The largest absolute Gasteiger partial charge is 0.416 e. The molecule has 0 bridgehead atoms. The van der Waals surface area contributed by atoms with Crippen LogP contribution in [0.4, 0.5) is 18.0 Å². The van der Waals surface area contributed by atoms with Gasteiger partial charge in [-0.3, -0.25) is 9.69 Å². The predicted molar refractivity (Wildman–Crippen MR) is 89.5 cm³/mol. The maximum atomic E-state index is 13.1. The molecule has 1 fully saturated rings. The van der Waals surface area contributed by atoms with Crippen molar-refractivity contribution in [2.24, 2.45) is 0 Å². The third kappa shape index (κ3) is 2.59. The van der Waals surface area contributed by atoms with Crippen molar-refractivity contribution >= 4 is 23.3 Å². The minimum atomic E-state index is -4.47. The summed E-state index contributed by atoms with van der Waals surface area (Å²) in [5.74, 6) is -0.390. The van der Waals surface area contributed by atoms with Gasteiger partial charge in [-0.25, -0.2) is 4.79 Å². The van der Waals surface area contributed by atoms with Crippen LogP contribution in [0, 0.1) is 0 Å². The van der Waals surface area contributed by atoms with E-state index >= 15 is 0 Å².